The molecule has 1 aromatic carbocycles. The van der Waals surface area contributed by atoms with E-state index < -0.39 is 5.60 Å². The number of hydrogen-bond donors (Lipinski definition) is 2. The third-order valence-corrected chi connectivity index (χ3v) is 4.17. The summed E-state index contributed by atoms with van der Waals surface area (Å²) in [5, 5.41) is 14.2. The van der Waals surface area contributed by atoms with Crippen molar-refractivity contribution in [2.24, 2.45) is 0 Å². The minimum absolute atomic E-state index is 0.515. The maximum Gasteiger partial charge on any atom is 0.179 e. The largest absolute Gasteiger partial charge is 0.493 e. The fraction of sp³-hybridized carbons (Fsp3) is 0.600. The van der Waals surface area contributed by atoms with Gasteiger partial charge in [0.2, 0.25) is 0 Å². The lowest BCUT2D eigenvalue weighted by Crippen LogP contribution is -2.44. The van der Waals surface area contributed by atoms with E-state index in [1.165, 1.54) is 0 Å². The standard InChI is InChI=1S/C15H22ClNO4/c1-19-12-4-3-11(13(16)14(12)20-2)9-17-10-15(18)5-7-21-8-6-15/h3-4,17-18H,5-10H2,1-2H3. The van der Waals surface area contributed by atoms with Crippen LogP contribution in [0.2, 0.25) is 5.02 Å². The van der Waals surface area contributed by atoms with Crippen molar-refractivity contribution in [3.05, 3.63) is 22.7 Å². The Balaban J connectivity index is 1.97. The number of rotatable bonds is 6. The molecule has 1 saturated heterocycles. The minimum Gasteiger partial charge on any atom is -0.493 e. The Hall–Kier alpha value is -1.01. The summed E-state index contributed by atoms with van der Waals surface area (Å²) in [5.41, 5.74) is 0.214. The molecule has 0 spiro atoms. The van der Waals surface area contributed by atoms with Gasteiger partial charge in [-0.25, -0.2) is 0 Å². The van der Waals surface area contributed by atoms with Crippen LogP contribution in [-0.2, 0) is 11.3 Å². The molecule has 1 aliphatic rings. The van der Waals surface area contributed by atoms with Crippen LogP contribution in [0.4, 0.5) is 0 Å². The Bertz CT molecular complexity index is 475. The molecule has 0 bridgehead atoms. The van der Waals surface area contributed by atoms with Crippen LogP contribution in [0.3, 0.4) is 0 Å². The summed E-state index contributed by atoms with van der Waals surface area (Å²) in [5.74, 6) is 1.14. The summed E-state index contributed by atoms with van der Waals surface area (Å²) in [6, 6.07) is 3.72. The monoisotopic (exact) mass is 315 g/mol. The highest BCUT2D eigenvalue weighted by molar-refractivity contribution is 6.33. The number of methoxy groups -OCH3 is 2. The third-order valence-electron chi connectivity index (χ3n) is 3.76. The second kappa shape index (κ2) is 7.31. The Morgan fingerprint density at radius 2 is 2.00 bits per heavy atom. The molecular weight excluding hydrogens is 294 g/mol. The van der Waals surface area contributed by atoms with Gasteiger partial charge in [-0.3, -0.25) is 0 Å². The summed E-state index contributed by atoms with van der Waals surface area (Å²) in [4.78, 5) is 0. The van der Waals surface area contributed by atoms with Gasteiger partial charge in [0.15, 0.2) is 11.5 Å². The van der Waals surface area contributed by atoms with Gasteiger partial charge in [0.05, 0.1) is 24.8 Å². The molecule has 1 aromatic rings. The van der Waals surface area contributed by atoms with Crippen molar-refractivity contribution in [1.82, 2.24) is 5.32 Å². The molecule has 0 atom stereocenters. The Morgan fingerprint density at radius 1 is 1.29 bits per heavy atom. The van der Waals surface area contributed by atoms with Crippen molar-refractivity contribution < 1.29 is 19.3 Å². The fourth-order valence-electron chi connectivity index (χ4n) is 2.42. The van der Waals surface area contributed by atoms with Gasteiger partial charge in [0.1, 0.15) is 0 Å². The van der Waals surface area contributed by atoms with E-state index in [-0.39, 0.29) is 0 Å². The highest BCUT2D eigenvalue weighted by Crippen LogP contribution is 2.37. The maximum absolute atomic E-state index is 10.4. The van der Waals surface area contributed by atoms with Crippen molar-refractivity contribution in [3.63, 3.8) is 0 Å². The van der Waals surface area contributed by atoms with Crippen LogP contribution in [-0.4, -0.2) is 44.7 Å². The molecule has 5 nitrogen and oxygen atoms in total. The molecule has 2 rings (SSSR count). The predicted octanol–water partition coefficient (Wildman–Crippen LogP) is 1.99. The summed E-state index contributed by atoms with van der Waals surface area (Å²) in [6.07, 6.45) is 1.30. The molecule has 1 heterocycles. The lowest BCUT2D eigenvalue weighted by Gasteiger charge is -2.32. The molecule has 0 unspecified atom stereocenters. The number of benzene rings is 1. The Kier molecular flexibility index (Phi) is 5.70. The van der Waals surface area contributed by atoms with E-state index in [1.807, 2.05) is 12.1 Å². The first-order valence-electron chi connectivity index (χ1n) is 7.00. The number of halogens is 1. The third kappa shape index (κ3) is 4.01. The zero-order chi connectivity index (χ0) is 15.3. The van der Waals surface area contributed by atoms with Crippen molar-refractivity contribution in [2.45, 2.75) is 25.0 Å². The zero-order valence-electron chi connectivity index (χ0n) is 12.4. The van der Waals surface area contributed by atoms with Crippen LogP contribution >= 0.6 is 11.6 Å². The average Bonchev–Trinajstić information content (AvgIpc) is 2.49. The molecule has 0 radical (unpaired) electrons. The van der Waals surface area contributed by atoms with Gasteiger partial charge in [0.25, 0.3) is 0 Å². The second-order valence-corrected chi connectivity index (χ2v) is 5.59. The van der Waals surface area contributed by atoms with E-state index in [0.29, 0.717) is 55.7 Å². The van der Waals surface area contributed by atoms with Crippen LogP contribution in [0.25, 0.3) is 0 Å². The number of hydrogen-bond acceptors (Lipinski definition) is 5. The van der Waals surface area contributed by atoms with Crippen molar-refractivity contribution in [2.75, 3.05) is 34.0 Å². The van der Waals surface area contributed by atoms with Crippen molar-refractivity contribution in [3.8, 4) is 11.5 Å². The Morgan fingerprint density at radius 3 is 2.62 bits per heavy atom. The Labute approximate surface area is 130 Å². The van der Waals surface area contributed by atoms with Gasteiger partial charge in [-0.15, -0.1) is 0 Å². The first kappa shape index (κ1) is 16.4. The van der Waals surface area contributed by atoms with Gasteiger partial charge < -0.3 is 24.6 Å². The summed E-state index contributed by atoms with van der Waals surface area (Å²) < 4.78 is 15.7. The van der Waals surface area contributed by atoms with E-state index >= 15 is 0 Å². The van der Waals surface area contributed by atoms with Crippen LogP contribution in [0.5, 0.6) is 11.5 Å². The van der Waals surface area contributed by atoms with Gasteiger partial charge in [0, 0.05) is 39.1 Å². The van der Waals surface area contributed by atoms with E-state index in [1.54, 1.807) is 14.2 Å². The van der Waals surface area contributed by atoms with Gasteiger partial charge in [-0.2, -0.15) is 0 Å². The van der Waals surface area contributed by atoms with Gasteiger partial charge in [-0.05, 0) is 11.6 Å². The molecule has 0 aromatic heterocycles. The average molecular weight is 316 g/mol. The van der Waals surface area contributed by atoms with E-state index in [4.69, 9.17) is 25.8 Å². The molecular formula is C15H22ClNO4. The number of aliphatic hydroxyl groups is 1. The summed E-state index contributed by atoms with van der Waals surface area (Å²) >= 11 is 6.32. The predicted molar refractivity (Wildman–Crippen MR) is 81.3 cm³/mol. The van der Waals surface area contributed by atoms with Crippen molar-refractivity contribution >= 4 is 11.6 Å². The second-order valence-electron chi connectivity index (χ2n) is 5.21. The summed E-state index contributed by atoms with van der Waals surface area (Å²) in [7, 11) is 3.14. The van der Waals surface area contributed by atoms with Crippen LogP contribution < -0.4 is 14.8 Å². The van der Waals surface area contributed by atoms with Gasteiger partial charge in [-0.1, -0.05) is 17.7 Å². The smallest absolute Gasteiger partial charge is 0.179 e. The van der Waals surface area contributed by atoms with E-state index in [9.17, 15) is 5.11 Å². The summed E-state index contributed by atoms with van der Waals surface area (Å²) in [6.45, 7) is 2.29. The zero-order valence-corrected chi connectivity index (χ0v) is 13.2. The first-order valence-corrected chi connectivity index (χ1v) is 7.37. The molecule has 1 fully saturated rings. The molecule has 0 aliphatic carbocycles. The van der Waals surface area contributed by atoms with Crippen LogP contribution in [0.15, 0.2) is 12.1 Å². The normalized spacial score (nSPS) is 17.5. The topological polar surface area (TPSA) is 60.0 Å². The molecule has 21 heavy (non-hydrogen) atoms. The first-order chi connectivity index (χ1) is 10.1. The molecule has 6 heteroatoms. The molecule has 118 valence electrons. The van der Waals surface area contributed by atoms with Crippen LogP contribution in [0, 0.1) is 0 Å². The number of ether oxygens (including phenoxy) is 3. The van der Waals surface area contributed by atoms with E-state index in [2.05, 4.69) is 5.32 Å². The van der Waals surface area contributed by atoms with Crippen LogP contribution in [0.1, 0.15) is 18.4 Å². The number of nitrogens with one attached hydrogen (secondary N) is 1. The maximum atomic E-state index is 10.4. The van der Waals surface area contributed by atoms with Crippen molar-refractivity contribution in [1.29, 1.82) is 0 Å². The quantitative estimate of drug-likeness (QED) is 0.840. The lowest BCUT2D eigenvalue weighted by atomic mass is 9.94. The highest BCUT2D eigenvalue weighted by atomic mass is 35.5. The lowest BCUT2D eigenvalue weighted by molar-refractivity contribution is -0.0617. The van der Waals surface area contributed by atoms with Gasteiger partial charge >= 0.3 is 0 Å². The highest BCUT2D eigenvalue weighted by Gasteiger charge is 2.29. The molecule has 2 N–H and O–H groups in total. The fourth-order valence-corrected chi connectivity index (χ4v) is 2.72. The SMILES string of the molecule is COc1ccc(CNCC2(O)CCOCC2)c(Cl)c1OC. The van der Waals surface area contributed by atoms with E-state index in [0.717, 1.165) is 5.56 Å². The molecule has 0 amide bonds. The molecule has 1 aliphatic heterocycles. The molecule has 0 saturated carbocycles. The minimum atomic E-state index is -0.693.